The molecule has 0 spiro atoms. The van der Waals surface area contributed by atoms with E-state index in [0.29, 0.717) is 34.9 Å². The van der Waals surface area contributed by atoms with Gasteiger partial charge in [-0.15, -0.1) is 0 Å². The number of carbonyl (C=O) groups is 2. The molecule has 25 heavy (non-hydrogen) atoms. The van der Waals surface area contributed by atoms with Crippen LogP contribution in [0, 0.1) is 6.92 Å². The van der Waals surface area contributed by atoms with Crippen molar-refractivity contribution in [1.82, 2.24) is 0 Å². The maximum Gasteiger partial charge on any atom is 0.338 e. The first-order chi connectivity index (χ1) is 12.0. The molecular weight excluding hydrogens is 322 g/mol. The molecular formula is C19H21NO5. The van der Waals surface area contributed by atoms with Crippen LogP contribution in [-0.2, 0) is 4.74 Å². The lowest BCUT2D eigenvalue weighted by atomic mass is 10.1. The normalized spacial score (nSPS) is 10.1. The van der Waals surface area contributed by atoms with Crippen LogP contribution in [0.4, 0.5) is 5.69 Å². The number of benzene rings is 2. The summed E-state index contributed by atoms with van der Waals surface area (Å²) in [5.41, 5.74) is 2.25. The second-order valence-corrected chi connectivity index (χ2v) is 5.27. The zero-order chi connectivity index (χ0) is 18.4. The number of methoxy groups -OCH3 is 2. The highest BCUT2D eigenvalue weighted by Crippen LogP contribution is 2.30. The van der Waals surface area contributed by atoms with E-state index in [2.05, 4.69) is 5.32 Å². The fourth-order valence-electron chi connectivity index (χ4n) is 2.33. The van der Waals surface area contributed by atoms with Crippen molar-refractivity contribution >= 4 is 17.6 Å². The van der Waals surface area contributed by atoms with Gasteiger partial charge < -0.3 is 19.5 Å². The van der Waals surface area contributed by atoms with Crippen molar-refractivity contribution in [3.05, 3.63) is 53.1 Å². The van der Waals surface area contributed by atoms with Crippen molar-refractivity contribution in [3.63, 3.8) is 0 Å². The summed E-state index contributed by atoms with van der Waals surface area (Å²) in [5, 5.41) is 2.80. The number of amides is 1. The highest BCUT2D eigenvalue weighted by atomic mass is 16.5. The Morgan fingerprint density at radius 1 is 1.00 bits per heavy atom. The zero-order valence-electron chi connectivity index (χ0n) is 14.7. The number of anilines is 1. The van der Waals surface area contributed by atoms with Crippen LogP contribution in [0.3, 0.4) is 0 Å². The van der Waals surface area contributed by atoms with Crippen molar-refractivity contribution in [2.75, 3.05) is 26.1 Å². The topological polar surface area (TPSA) is 73.9 Å². The largest absolute Gasteiger partial charge is 0.493 e. The molecule has 6 nitrogen and oxygen atoms in total. The first-order valence-corrected chi connectivity index (χ1v) is 7.81. The third-order valence-corrected chi connectivity index (χ3v) is 3.63. The molecule has 0 aliphatic heterocycles. The Hall–Kier alpha value is -3.02. The molecule has 0 aliphatic carbocycles. The molecule has 0 aliphatic rings. The Bertz CT molecular complexity index is 768. The Kier molecular flexibility index (Phi) is 6.00. The summed E-state index contributed by atoms with van der Waals surface area (Å²) >= 11 is 0. The Morgan fingerprint density at radius 2 is 1.60 bits per heavy atom. The number of ether oxygens (including phenoxy) is 3. The average Bonchev–Trinajstić information content (AvgIpc) is 2.62. The number of esters is 1. The number of hydrogen-bond donors (Lipinski definition) is 1. The first kappa shape index (κ1) is 18.3. The molecule has 0 unspecified atom stereocenters. The maximum atomic E-state index is 12.5. The fourth-order valence-corrected chi connectivity index (χ4v) is 2.33. The lowest BCUT2D eigenvalue weighted by Gasteiger charge is -2.13. The molecule has 6 heteroatoms. The van der Waals surface area contributed by atoms with Gasteiger partial charge in [0.25, 0.3) is 5.91 Å². The van der Waals surface area contributed by atoms with E-state index in [1.165, 1.54) is 7.11 Å². The van der Waals surface area contributed by atoms with Gasteiger partial charge in [0.05, 0.1) is 26.4 Å². The lowest BCUT2D eigenvalue weighted by molar-refractivity contribution is 0.0526. The van der Waals surface area contributed by atoms with E-state index in [1.54, 1.807) is 50.4 Å². The van der Waals surface area contributed by atoms with Gasteiger partial charge >= 0.3 is 5.97 Å². The summed E-state index contributed by atoms with van der Waals surface area (Å²) in [5.74, 6) is 0.379. The third kappa shape index (κ3) is 4.29. The number of carbonyl (C=O) groups excluding carboxylic acids is 2. The quantitative estimate of drug-likeness (QED) is 0.813. The smallest absolute Gasteiger partial charge is 0.338 e. The van der Waals surface area contributed by atoms with E-state index in [4.69, 9.17) is 14.2 Å². The Balaban J connectivity index is 2.18. The van der Waals surface area contributed by atoms with Crippen LogP contribution in [0.25, 0.3) is 0 Å². The third-order valence-electron chi connectivity index (χ3n) is 3.63. The minimum atomic E-state index is -0.392. The van der Waals surface area contributed by atoms with Gasteiger partial charge in [-0.3, -0.25) is 4.79 Å². The number of aryl methyl sites for hydroxylation is 1. The Labute approximate surface area is 146 Å². The summed E-state index contributed by atoms with van der Waals surface area (Å²) < 4.78 is 15.4. The molecule has 0 bridgehead atoms. The van der Waals surface area contributed by atoms with E-state index >= 15 is 0 Å². The molecule has 0 saturated heterocycles. The molecule has 2 aromatic rings. The van der Waals surface area contributed by atoms with E-state index in [-0.39, 0.29) is 5.91 Å². The predicted molar refractivity (Wildman–Crippen MR) is 94.6 cm³/mol. The van der Waals surface area contributed by atoms with Crippen LogP contribution in [0.2, 0.25) is 0 Å². The van der Waals surface area contributed by atoms with E-state index in [0.717, 1.165) is 5.56 Å². The van der Waals surface area contributed by atoms with Crippen LogP contribution >= 0.6 is 0 Å². The fraction of sp³-hybridized carbons (Fsp3) is 0.263. The molecule has 0 radical (unpaired) electrons. The van der Waals surface area contributed by atoms with Gasteiger partial charge in [-0.1, -0.05) is 0 Å². The van der Waals surface area contributed by atoms with E-state index in [9.17, 15) is 9.59 Å². The average molecular weight is 343 g/mol. The molecule has 0 atom stereocenters. The van der Waals surface area contributed by atoms with Gasteiger partial charge in [-0.2, -0.15) is 0 Å². The summed E-state index contributed by atoms with van der Waals surface area (Å²) in [4.78, 5) is 24.2. The standard InChI is InChI=1S/C19H21NO5/c1-5-25-19(22)13-6-8-14(9-7-13)20-18(21)15-11-17(24-4)16(23-3)10-12(15)2/h6-11H,5H2,1-4H3,(H,20,21). The van der Waals surface area contributed by atoms with Crippen molar-refractivity contribution in [1.29, 1.82) is 0 Å². The summed E-state index contributed by atoms with van der Waals surface area (Å²) in [6, 6.07) is 9.90. The molecule has 0 aromatic heterocycles. The second-order valence-electron chi connectivity index (χ2n) is 5.27. The summed E-state index contributed by atoms with van der Waals surface area (Å²) in [6.45, 7) is 3.88. The van der Waals surface area contributed by atoms with Crippen LogP contribution in [0.5, 0.6) is 11.5 Å². The maximum absolute atomic E-state index is 12.5. The van der Waals surface area contributed by atoms with E-state index in [1.807, 2.05) is 6.92 Å². The number of nitrogens with one attached hydrogen (secondary N) is 1. The van der Waals surface area contributed by atoms with Crippen LogP contribution in [0.15, 0.2) is 36.4 Å². The molecule has 0 saturated carbocycles. The van der Waals surface area contributed by atoms with Crippen molar-refractivity contribution in [2.24, 2.45) is 0 Å². The molecule has 2 aromatic carbocycles. The molecule has 0 heterocycles. The van der Waals surface area contributed by atoms with Crippen LogP contribution in [-0.4, -0.2) is 32.7 Å². The van der Waals surface area contributed by atoms with Gasteiger partial charge in [0.1, 0.15) is 0 Å². The first-order valence-electron chi connectivity index (χ1n) is 7.81. The molecule has 1 amide bonds. The van der Waals surface area contributed by atoms with Gasteiger partial charge in [0, 0.05) is 11.3 Å². The summed E-state index contributed by atoms with van der Waals surface area (Å²) in [7, 11) is 3.06. The molecule has 1 N–H and O–H groups in total. The molecule has 2 rings (SSSR count). The van der Waals surface area contributed by atoms with Crippen molar-refractivity contribution < 1.29 is 23.8 Å². The monoisotopic (exact) mass is 343 g/mol. The van der Waals surface area contributed by atoms with Crippen LogP contribution < -0.4 is 14.8 Å². The lowest BCUT2D eigenvalue weighted by Crippen LogP contribution is -2.14. The van der Waals surface area contributed by atoms with Crippen molar-refractivity contribution in [3.8, 4) is 11.5 Å². The Morgan fingerprint density at radius 3 is 2.16 bits per heavy atom. The number of hydrogen-bond acceptors (Lipinski definition) is 5. The van der Waals surface area contributed by atoms with Crippen molar-refractivity contribution in [2.45, 2.75) is 13.8 Å². The highest BCUT2D eigenvalue weighted by molar-refractivity contribution is 6.06. The minimum absolute atomic E-state index is 0.276. The SMILES string of the molecule is CCOC(=O)c1ccc(NC(=O)c2cc(OC)c(OC)cc2C)cc1. The highest BCUT2D eigenvalue weighted by Gasteiger charge is 2.15. The minimum Gasteiger partial charge on any atom is -0.493 e. The van der Waals surface area contributed by atoms with Gasteiger partial charge in [-0.25, -0.2) is 4.79 Å². The van der Waals surface area contributed by atoms with E-state index < -0.39 is 5.97 Å². The second kappa shape index (κ2) is 8.19. The predicted octanol–water partition coefficient (Wildman–Crippen LogP) is 3.44. The summed E-state index contributed by atoms with van der Waals surface area (Å²) in [6.07, 6.45) is 0. The molecule has 0 fully saturated rings. The van der Waals surface area contributed by atoms with Gasteiger partial charge in [0.15, 0.2) is 11.5 Å². The van der Waals surface area contributed by atoms with Gasteiger partial charge in [0.2, 0.25) is 0 Å². The molecule has 132 valence electrons. The van der Waals surface area contributed by atoms with Crippen LogP contribution in [0.1, 0.15) is 33.2 Å². The zero-order valence-corrected chi connectivity index (χ0v) is 14.7. The van der Waals surface area contributed by atoms with Gasteiger partial charge in [-0.05, 0) is 55.8 Å². The number of rotatable bonds is 6.